The molecule has 2 N–H and O–H groups in total. The molecule has 6 bridgehead atoms. The van der Waals surface area contributed by atoms with Crippen LogP contribution in [0.4, 0.5) is 4.79 Å². The van der Waals surface area contributed by atoms with Crippen molar-refractivity contribution in [3.63, 3.8) is 0 Å². The lowest BCUT2D eigenvalue weighted by Crippen LogP contribution is -2.61. The van der Waals surface area contributed by atoms with Crippen LogP contribution in [-0.2, 0) is 43.2 Å². The molecule has 3 amide bonds. The Kier molecular flexibility index (Phi) is 12.1. The molecule has 290 valence electrons. The van der Waals surface area contributed by atoms with Crippen LogP contribution in [0.5, 0.6) is 0 Å². The summed E-state index contributed by atoms with van der Waals surface area (Å²) in [5.41, 5.74) is 9.52. The van der Waals surface area contributed by atoms with Crippen molar-refractivity contribution in [1.29, 1.82) is 0 Å². The van der Waals surface area contributed by atoms with Crippen LogP contribution in [0.2, 0.25) is 0 Å². The number of thiazole rings is 1. The lowest BCUT2D eigenvalue weighted by atomic mass is 9.84. The maximum Gasteiger partial charge on any atom is 0.324 e. The molecule has 4 atom stereocenters. The normalized spacial score (nSPS) is 20.3. The Bertz CT molecular complexity index is 1990. The lowest BCUT2D eigenvalue weighted by Gasteiger charge is -2.36. The van der Waals surface area contributed by atoms with Gasteiger partial charge in [0.15, 0.2) is 0 Å². The van der Waals surface area contributed by atoms with Crippen LogP contribution in [0.1, 0.15) is 69.8 Å². The number of hydrogen-bond acceptors (Lipinski definition) is 10. The van der Waals surface area contributed by atoms with Crippen LogP contribution in [0.3, 0.4) is 0 Å². The number of pyridine rings is 1. The average molecular weight is 760 g/mol. The predicted octanol–water partition coefficient (Wildman–Crippen LogP) is 5.76. The summed E-state index contributed by atoms with van der Waals surface area (Å²) in [5.74, 6) is -0.758. The van der Waals surface area contributed by atoms with Gasteiger partial charge in [0.05, 0.1) is 40.9 Å². The molecule has 54 heavy (non-hydrogen) atoms. The first-order valence-electron chi connectivity index (χ1n) is 18.7. The van der Waals surface area contributed by atoms with Gasteiger partial charge in [-0.3, -0.25) is 19.6 Å². The molecule has 4 aromatic rings. The Hall–Kier alpha value is -4.37. The van der Waals surface area contributed by atoms with E-state index in [4.69, 9.17) is 24.2 Å². The van der Waals surface area contributed by atoms with Gasteiger partial charge in [0.25, 0.3) is 5.91 Å². The Morgan fingerprint density at radius 1 is 1.20 bits per heavy atom. The summed E-state index contributed by atoms with van der Waals surface area (Å²) >= 11 is 1.45. The molecule has 13 nitrogen and oxygen atoms in total. The highest BCUT2D eigenvalue weighted by molar-refractivity contribution is 7.10. The number of methoxy groups -OCH3 is 2. The summed E-state index contributed by atoms with van der Waals surface area (Å²) in [5, 5.41) is 8.18. The van der Waals surface area contributed by atoms with Crippen LogP contribution >= 0.6 is 11.3 Å². The number of likely N-dealkylation sites (N-methyl/N-ethyl adjacent to an activating group) is 1. The molecule has 14 heteroatoms. The van der Waals surface area contributed by atoms with Crippen molar-refractivity contribution < 1.29 is 28.6 Å². The molecular formula is C40H53N7O6S. The number of fused-ring (bicyclic) bond motifs is 6. The number of benzene rings is 1. The number of amides is 3. The van der Waals surface area contributed by atoms with E-state index in [-0.39, 0.29) is 31.1 Å². The van der Waals surface area contributed by atoms with Crippen LogP contribution < -0.4 is 10.7 Å². The van der Waals surface area contributed by atoms with Gasteiger partial charge in [0.1, 0.15) is 12.1 Å². The fourth-order valence-corrected chi connectivity index (χ4v) is 8.22. The van der Waals surface area contributed by atoms with Crippen LogP contribution in [0.15, 0.2) is 41.9 Å². The quantitative estimate of drug-likeness (QED) is 0.215. The first-order chi connectivity index (χ1) is 25.8. The van der Waals surface area contributed by atoms with Crippen molar-refractivity contribution in [3.8, 4) is 22.5 Å². The zero-order valence-corrected chi connectivity index (χ0v) is 33.4. The second-order valence-electron chi connectivity index (χ2n) is 15.1. The number of rotatable bonds is 8. The molecule has 0 spiro atoms. The standard InChI is InChI=1S/C40H53N7O6S/c1-9-46-33-15-14-26-18-28(33)29(36(46)27-12-10-16-41-35(27)25(3)52-8)20-40(4,5)23-53-38(49)30-13-11-17-47(44-30)37(48)31(19-34-42-32(26)22-54-34)43-39(50)45(6)21-24(2)51-7/h10,12,14-16,18,22,24-25,30-31,44H,9,11,13,17,19-21,23H2,1-8H3,(H,43,50)/t24-,25-,30-,31-/m0/s1. The number of urea groups is 1. The molecule has 0 unspecified atom stereocenters. The number of aryl methyl sites for hydroxylation is 1. The second-order valence-corrected chi connectivity index (χ2v) is 16.1. The van der Waals surface area contributed by atoms with Gasteiger partial charge in [0, 0.05) is 86.3 Å². The van der Waals surface area contributed by atoms with E-state index in [2.05, 4.69) is 60.3 Å². The monoisotopic (exact) mass is 759 g/mol. The molecule has 0 radical (unpaired) electrons. The van der Waals surface area contributed by atoms with Crippen molar-refractivity contribution >= 4 is 40.1 Å². The Morgan fingerprint density at radius 2 is 2.00 bits per heavy atom. The summed E-state index contributed by atoms with van der Waals surface area (Å²) in [6.07, 6.45) is 3.29. The Morgan fingerprint density at radius 3 is 2.74 bits per heavy atom. The number of esters is 1. The number of carbonyl (C=O) groups is 3. The summed E-state index contributed by atoms with van der Waals surface area (Å²) in [4.78, 5) is 52.5. The molecule has 3 aromatic heterocycles. The second kappa shape index (κ2) is 16.6. The lowest BCUT2D eigenvalue weighted by molar-refractivity contribution is -0.155. The van der Waals surface area contributed by atoms with Crippen molar-refractivity contribution in [2.24, 2.45) is 5.41 Å². The average Bonchev–Trinajstić information content (AvgIpc) is 3.77. The van der Waals surface area contributed by atoms with Crippen LogP contribution in [0.25, 0.3) is 33.4 Å². The number of aromatic nitrogens is 3. The fourth-order valence-electron chi connectivity index (χ4n) is 7.37. The number of nitrogens with zero attached hydrogens (tertiary/aromatic N) is 5. The number of hydrazine groups is 1. The highest BCUT2D eigenvalue weighted by Crippen LogP contribution is 2.42. The molecule has 0 saturated carbocycles. The third-order valence-corrected chi connectivity index (χ3v) is 11.3. The van der Waals surface area contributed by atoms with E-state index in [9.17, 15) is 14.4 Å². The van der Waals surface area contributed by atoms with E-state index >= 15 is 0 Å². The van der Waals surface area contributed by atoms with E-state index in [0.717, 1.165) is 51.2 Å². The van der Waals surface area contributed by atoms with Crippen molar-refractivity contribution in [3.05, 3.63) is 58.2 Å². The van der Waals surface area contributed by atoms with Gasteiger partial charge >= 0.3 is 12.0 Å². The molecule has 2 aliphatic rings. The topological polar surface area (TPSA) is 140 Å². The van der Waals surface area contributed by atoms with Gasteiger partial charge in [-0.1, -0.05) is 19.9 Å². The molecule has 2 aliphatic heterocycles. The van der Waals surface area contributed by atoms with Gasteiger partial charge < -0.3 is 29.0 Å². The first-order valence-corrected chi connectivity index (χ1v) is 19.6. The molecule has 1 aromatic carbocycles. The largest absolute Gasteiger partial charge is 0.464 e. The first kappa shape index (κ1) is 39.3. The highest BCUT2D eigenvalue weighted by Gasteiger charge is 2.36. The Balaban J connectivity index is 1.47. The number of hydrogen-bond donors (Lipinski definition) is 2. The van der Waals surface area contributed by atoms with Gasteiger partial charge in [-0.15, -0.1) is 11.3 Å². The minimum atomic E-state index is -0.935. The SMILES string of the molecule is CCn1c(-c2cccnc2[C@H](C)OC)c2c3cc(ccc31)-c1csc(n1)C[C@H](NC(=O)N(C)C[C@H](C)OC)C(=O)N1CCC[C@H](N1)C(=O)OCC(C)(C)C2. The molecule has 6 rings (SSSR count). The maximum atomic E-state index is 14.1. The van der Waals surface area contributed by atoms with E-state index in [1.807, 2.05) is 25.3 Å². The van der Waals surface area contributed by atoms with E-state index < -0.39 is 29.5 Å². The zero-order chi connectivity index (χ0) is 38.7. The third kappa shape index (κ3) is 8.31. The molecular weight excluding hydrogens is 707 g/mol. The van der Waals surface area contributed by atoms with Gasteiger partial charge in [-0.05, 0) is 69.9 Å². The number of nitrogens with one attached hydrogen (secondary N) is 2. The van der Waals surface area contributed by atoms with E-state index in [1.54, 1.807) is 27.5 Å². The Labute approximate surface area is 321 Å². The minimum absolute atomic E-state index is 0.171. The smallest absolute Gasteiger partial charge is 0.324 e. The number of ether oxygens (including phenoxy) is 3. The van der Waals surface area contributed by atoms with E-state index in [0.29, 0.717) is 37.4 Å². The van der Waals surface area contributed by atoms with Gasteiger partial charge in [-0.2, -0.15) is 0 Å². The summed E-state index contributed by atoms with van der Waals surface area (Å²) in [6, 6.07) is 8.43. The third-order valence-electron chi connectivity index (χ3n) is 10.4. The predicted molar refractivity (Wildman–Crippen MR) is 209 cm³/mol. The molecule has 5 heterocycles. The van der Waals surface area contributed by atoms with E-state index in [1.165, 1.54) is 21.2 Å². The van der Waals surface area contributed by atoms with Crippen molar-refractivity contribution in [2.45, 2.75) is 91.1 Å². The van der Waals surface area contributed by atoms with Gasteiger partial charge in [-0.25, -0.2) is 15.2 Å². The summed E-state index contributed by atoms with van der Waals surface area (Å²) in [6.45, 7) is 11.9. The fraction of sp³-hybridized carbons (Fsp3) is 0.525. The number of carbonyl (C=O) groups excluding carboxylic acids is 3. The van der Waals surface area contributed by atoms with Gasteiger partial charge in [0.2, 0.25) is 0 Å². The van der Waals surface area contributed by atoms with Crippen molar-refractivity contribution in [2.75, 3.05) is 41.0 Å². The summed E-state index contributed by atoms with van der Waals surface area (Å²) in [7, 11) is 4.95. The summed E-state index contributed by atoms with van der Waals surface area (Å²) < 4.78 is 19.5. The number of cyclic esters (lactones) is 1. The molecule has 1 fully saturated rings. The zero-order valence-electron chi connectivity index (χ0n) is 32.6. The van der Waals surface area contributed by atoms with Crippen molar-refractivity contribution in [1.82, 2.24) is 35.2 Å². The highest BCUT2D eigenvalue weighted by atomic mass is 32.1. The molecule has 1 saturated heterocycles. The van der Waals surface area contributed by atoms with Crippen LogP contribution in [0, 0.1) is 5.41 Å². The maximum absolute atomic E-state index is 14.1. The molecule has 0 aliphatic carbocycles. The minimum Gasteiger partial charge on any atom is -0.464 e. The van der Waals surface area contributed by atoms with Crippen LogP contribution in [-0.4, -0.2) is 102 Å².